The number of aliphatic hydroxyl groups is 1. The molecule has 0 spiro atoms. The number of nitrogens with one attached hydrogen (secondary N) is 1. The lowest BCUT2D eigenvalue weighted by atomic mass is 10.0. The SMILES string of the molecule is OCCC(NCc1cc(-c2ccc(Cl)cc2)no1)c1ccccc1. The predicted molar refractivity (Wildman–Crippen MR) is 94.7 cm³/mol. The Balaban J connectivity index is 1.66. The van der Waals surface area contributed by atoms with Crippen LogP contribution in [0.3, 0.4) is 0 Å². The Morgan fingerprint density at radius 2 is 1.83 bits per heavy atom. The normalized spacial score (nSPS) is 12.2. The first-order chi connectivity index (χ1) is 11.8. The van der Waals surface area contributed by atoms with Crippen LogP contribution in [-0.4, -0.2) is 16.9 Å². The first-order valence-electron chi connectivity index (χ1n) is 7.87. The van der Waals surface area contributed by atoms with Gasteiger partial charge in [-0.25, -0.2) is 0 Å². The minimum absolute atomic E-state index is 0.0697. The van der Waals surface area contributed by atoms with Crippen LogP contribution in [0, 0.1) is 0 Å². The van der Waals surface area contributed by atoms with Crippen molar-refractivity contribution in [1.29, 1.82) is 0 Å². The number of benzene rings is 2. The lowest BCUT2D eigenvalue weighted by Crippen LogP contribution is -2.21. The molecular weight excluding hydrogens is 324 g/mol. The number of nitrogens with zero attached hydrogens (tertiary/aromatic N) is 1. The molecule has 0 aliphatic heterocycles. The second kappa shape index (κ2) is 8.11. The lowest BCUT2D eigenvalue weighted by molar-refractivity contribution is 0.261. The standard InChI is InChI=1S/C19H19ClN2O2/c20-16-8-6-15(7-9-16)19-12-17(24-22-19)13-21-18(10-11-23)14-4-2-1-3-5-14/h1-9,12,18,21,23H,10-11,13H2. The van der Waals surface area contributed by atoms with Crippen LogP contribution in [0.5, 0.6) is 0 Å². The lowest BCUT2D eigenvalue weighted by Gasteiger charge is -2.17. The smallest absolute Gasteiger partial charge is 0.151 e. The molecule has 0 amide bonds. The first-order valence-corrected chi connectivity index (χ1v) is 8.25. The molecule has 1 atom stereocenters. The van der Waals surface area contributed by atoms with E-state index in [9.17, 15) is 5.11 Å². The second-order valence-electron chi connectivity index (χ2n) is 5.54. The Morgan fingerprint density at radius 1 is 1.08 bits per heavy atom. The van der Waals surface area contributed by atoms with Crippen LogP contribution in [0.25, 0.3) is 11.3 Å². The fourth-order valence-corrected chi connectivity index (χ4v) is 2.70. The van der Waals surface area contributed by atoms with Gasteiger partial charge in [0.15, 0.2) is 5.76 Å². The maximum Gasteiger partial charge on any atom is 0.151 e. The van der Waals surface area contributed by atoms with Crippen LogP contribution in [0.2, 0.25) is 5.02 Å². The van der Waals surface area contributed by atoms with Crippen LogP contribution in [0.15, 0.2) is 65.2 Å². The van der Waals surface area contributed by atoms with Gasteiger partial charge in [-0.05, 0) is 24.1 Å². The van der Waals surface area contributed by atoms with Crippen molar-refractivity contribution < 1.29 is 9.63 Å². The van der Waals surface area contributed by atoms with Crippen molar-refractivity contribution in [3.05, 3.63) is 77.0 Å². The molecule has 0 saturated heterocycles. The summed E-state index contributed by atoms with van der Waals surface area (Å²) < 4.78 is 5.41. The van der Waals surface area contributed by atoms with E-state index in [1.165, 1.54) is 0 Å². The van der Waals surface area contributed by atoms with Crippen molar-refractivity contribution in [3.63, 3.8) is 0 Å². The monoisotopic (exact) mass is 342 g/mol. The second-order valence-corrected chi connectivity index (χ2v) is 5.98. The van der Waals surface area contributed by atoms with E-state index in [1.54, 1.807) is 0 Å². The molecule has 4 nitrogen and oxygen atoms in total. The van der Waals surface area contributed by atoms with Crippen LogP contribution < -0.4 is 5.32 Å². The van der Waals surface area contributed by atoms with E-state index < -0.39 is 0 Å². The zero-order chi connectivity index (χ0) is 16.8. The minimum Gasteiger partial charge on any atom is -0.396 e. The maximum atomic E-state index is 9.28. The molecule has 0 fully saturated rings. The van der Waals surface area contributed by atoms with Crippen LogP contribution in [0.4, 0.5) is 0 Å². The molecule has 3 rings (SSSR count). The third-order valence-electron chi connectivity index (χ3n) is 3.84. The Morgan fingerprint density at radius 3 is 2.54 bits per heavy atom. The van der Waals surface area contributed by atoms with E-state index in [0.717, 1.165) is 22.6 Å². The molecule has 0 saturated carbocycles. The van der Waals surface area contributed by atoms with Gasteiger partial charge in [-0.2, -0.15) is 0 Å². The summed E-state index contributed by atoms with van der Waals surface area (Å²) in [5.74, 6) is 0.749. The summed E-state index contributed by atoms with van der Waals surface area (Å²) in [6.45, 7) is 0.666. The highest BCUT2D eigenvalue weighted by Gasteiger charge is 2.12. The van der Waals surface area contributed by atoms with Gasteiger partial charge in [0.2, 0.25) is 0 Å². The van der Waals surface area contributed by atoms with E-state index in [-0.39, 0.29) is 12.6 Å². The molecule has 0 bridgehead atoms. The largest absolute Gasteiger partial charge is 0.396 e. The molecular formula is C19H19ClN2O2. The number of hydrogen-bond acceptors (Lipinski definition) is 4. The van der Waals surface area contributed by atoms with E-state index in [2.05, 4.69) is 10.5 Å². The third kappa shape index (κ3) is 4.23. The number of hydrogen-bond donors (Lipinski definition) is 2. The first kappa shape index (κ1) is 16.7. The van der Waals surface area contributed by atoms with Gasteiger partial charge in [0.25, 0.3) is 0 Å². The van der Waals surface area contributed by atoms with Gasteiger partial charge in [-0.3, -0.25) is 0 Å². The topological polar surface area (TPSA) is 58.3 Å². The highest BCUT2D eigenvalue weighted by Crippen LogP contribution is 2.22. The molecule has 5 heteroatoms. The number of rotatable bonds is 7. The summed E-state index contributed by atoms with van der Waals surface area (Å²) in [7, 11) is 0. The highest BCUT2D eigenvalue weighted by molar-refractivity contribution is 6.30. The van der Waals surface area contributed by atoms with Crippen molar-refractivity contribution in [2.45, 2.75) is 19.0 Å². The van der Waals surface area contributed by atoms with Crippen molar-refractivity contribution in [3.8, 4) is 11.3 Å². The highest BCUT2D eigenvalue weighted by atomic mass is 35.5. The van der Waals surface area contributed by atoms with Crippen LogP contribution in [0.1, 0.15) is 23.8 Å². The van der Waals surface area contributed by atoms with Crippen LogP contribution >= 0.6 is 11.6 Å². The summed E-state index contributed by atoms with van der Waals surface area (Å²) >= 11 is 5.90. The number of halogens is 1. The predicted octanol–water partition coefficient (Wildman–Crippen LogP) is 4.21. The zero-order valence-corrected chi connectivity index (χ0v) is 13.9. The van der Waals surface area contributed by atoms with E-state index in [4.69, 9.17) is 16.1 Å². The summed E-state index contributed by atoms with van der Waals surface area (Å²) in [4.78, 5) is 0. The summed E-state index contributed by atoms with van der Waals surface area (Å²) in [6, 6.07) is 19.5. The molecule has 2 aromatic carbocycles. The van der Waals surface area contributed by atoms with Gasteiger partial charge in [0.05, 0.1) is 6.54 Å². The molecule has 24 heavy (non-hydrogen) atoms. The van der Waals surface area contributed by atoms with Crippen LogP contribution in [-0.2, 0) is 6.54 Å². The molecule has 2 N–H and O–H groups in total. The summed E-state index contributed by atoms with van der Waals surface area (Å²) in [5, 5.41) is 17.5. The molecule has 0 aliphatic carbocycles. The Kier molecular flexibility index (Phi) is 5.64. The van der Waals surface area contributed by atoms with Crippen molar-refractivity contribution in [2.24, 2.45) is 0 Å². The molecule has 1 heterocycles. The fraction of sp³-hybridized carbons (Fsp3) is 0.211. The zero-order valence-electron chi connectivity index (χ0n) is 13.2. The molecule has 1 unspecified atom stereocenters. The quantitative estimate of drug-likeness (QED) is 0.675. The summed E-state index contributed by atoms with van der Waals surface area (Å²) in [5.41, 5.74) is 2.88. The Bertz CT molecular complexity index is 757. The van der Waals surface area contributed by atoms with Gasteiger partial charge in [0, 0.05) is 29.3 Å². The molecule has 0 radical (unpaired) electrons. The summed E-state index contributed by atoms with van der Waals surface area (Å²) in [6.07, 6.45) is 0.641. The van der Waals surface area contributed by atoms with E-state index >= 15 is 0 Å². The molecule has 124 valence electrons. The number of aromatic nitrogens is 1. The van der Waals surface area contributed by atoms with Gasteiger partial charge in [-0.15, -0.1) is 0 Å². The Hall–Kier alpha value is -2.14. The molecule has 0 aliphatic rings. The minimum atomic E-state index is 0.0697. The van der Waals surface area contributed by atoms with Crippen molar-refractivity contribution in [1.82, 2.24) is 10.5 Å². The average molecular weight is 343 g/mol. The third-order valence-corrected chi connectivity index (χ3v) is 4.09. The van der Waals surface area contributed by atoms with Gasteiger partial charge in [0.1, 0.15) is 5.69 Å². The fourth-order valence-electron chi connectivity index (χ4n) is 2.58. The molecule has 3 aromatic rings. The maximum absolute atomic E-state index is 9.28. The van der Waals surface area contributed by atoms with Gasteiger partial charge >= 0.3 is 0 Å². The Labute approximate surface area is 146 Å². The van der Waals surface area contributed by atoms with Gasteiger partial charge < -0.3 is 14.9 Å². The average Bonchev–Trinajstić information content (AvgIpc) is 3.09. The van der Waals surface area contributed by atoms with Gasteiger partial charge in [-0.1, -0.05) is 59.2 Å². The van der Waals surface area contributed by atoms with Crippen molar-refractivity contribution in [2.75, 3.05) is 6.61 Å². The van der Waals surface area contributed by atoms with E-state index in [0.29, 0.717) is 18.0 Å². The van der Waals surface area contributed by atoms with Crippen molar-refractivity contribution >= 4 is 11.6 Å². The molecule has 1 aromatic heterocycles. The number of aliphatic hydroxyl groups excluding tert-OH is 1. The van der Waals surface area contributed by atoms with E-state index in [1.807, 2.05) is 60.7 Å².